The summed E-state index contributed by atoms with van der Waals surface area (Å²) in [5.74, 6) is 1.96. The molecule has 2 fully saturated rings. The summed E-state index contributed by atoms with van der Waals surface area (Å²) >= 11 is 0. The van der Waals surface area contributed by atoms with E-state index in [2.05, 4.69) is 32.1 Å². The Labute approximate surface area is 144 Å². The number of ether oxygens (including phenoxy) is 1. The summed E-state index contributed by atoms with van der Waals surface area (Å²) in [4.78, 5) is 23.7. The zero-order valence-corrected chi connectivity index (χ0v) is 15.0. The summed E-state index contributed by atoms with van der Waals surface area (Å²) in [5.41, 5.74) is 1.43. The van der Waals surface area contributed by atoms with Crippen LogP contribution in [0.5, 0.6) is 0 Å². The SMILES string of the molecule is CC(=O)OC1C=C2C=C[C@@H]3[C@H](CC[C@]4(C)C(=O)CC[C@@H]34)[C@@]2(C)CC1. The van der Waals surface area contributed by atoms with E-state index in [-0.39, 0.29) is 22.9 Å². The summed E-state index contributed by atoms with van der Waals surface area (Å²) in [7, 11) is 0. The van der Waals surface area contributed by atoms with Crippen LogP contribution in [0.4, 0.5) is 0 Å². The average molecular weight is 328 g/mol. The molecule has 0 amide bonds. The van der Waals surface area contributed by atoms with Gasteiger partial charge in [-0.3, -0.25) is 9.59 Å². The standard InChI is InChI=1S/C21H28O3/c1-13(22)24-15-8-10-20(2)14(12-15)4-5-16-17-6-7-19(23)21(17,3)11-9-18(16)20/h4-5,12,15-18H,6-11H2,1-3H3/t15?,16-,17-,18-,20-,21-/m0/s1. The van der Waals surface area contributed by atoms with Crippen LogP contribution >= 0.6 is 0 Å². The van der Waals surface area contributed by atoms with E-state index in [1.54, 1.807) is 0 Å². The monoisotopic (exact) mass is 328 g/mol. The van der Waals surface area contributed by atoms with Gasteiger partial charge in [-0.05, 0) is 66.9 Å². The van der Waals surface area contributed by atoms with E-state index in [0.29, 0.717) is 23.5 Å². The van der Waals surface area contributed by atoms with Crippen molar-refractivity contribution in [1.29, 1.82) is 0 Å². The van der Waals surface area contributed by atoms with Crippen LogP contribution in [0.1, 0.15) is 59.3 Å². The molecule has 0 aromatic carbocycles. The second-order valence-electron chi connectivity index (χ2n) is 8.79. The molecule has 4 rings (SSSR count). The number of hydrogen-bond donors (Lipinski definition) is 0. The minimum absolute atomic E-state index is 0.0753. The molecule has 0 aliphatic heterocycles. The van der Waals surface area contributed by atoms with E-state index in [1.165, 1.54) is 12.5 Å². The van der Waals surface area contributed by atoms with Crippen molar-refractivity contribution < 1.29 is 14.3 Å². The minimum Gasteiger partial charge on any atom is -0.458 e. The third kappa shape index (κ3) is 2.16. The van der Waals surface area contributed by atoms with Crippen molar-refractivity contribution in [3.8, 4) is 0 Å². The van der Waals surface area contributed by atoms with Crippen molar-refractivity contribution >= 4 is 11.8 Å². The van der Waals surface area contributed by atoms with Gasteiger partial charge in [0.2, 0.25) is 0 Å². The van der Waals surface area contributed by atoms with Crippen molar-refractivity contribution in [2.45, 2.75) is 65.4 Å². The van der Waals surface area contributed by atoms with Gasteiger partial charge in [0, 0.05) is 18.8 Å². The molecule has 1 unspecified atom stereocenters. The quantitative estimate of drug-likeness (QED) is 0.677. The molecule has 4 aliphatic carbocycles. The molecule has 130 valence electrons. The first-order valence-corrected chi connectivity index (χ1v) is 9.45. The van der Waals surface area contributed by atoms with Crippen molar-refractivity contribution in [3.05, 3.63) is 23.8 Å². The lowest BCUT2D eigenvalue weighted by atomic mass is 9.49. The molecule has 0 aromatic rings. The average Bonchev–Trinajstić information content (AvgIpc) is 2.83. The third-order valence-corrected chi connectivity index (χ3v) is 7.65. The Morgan fingerprint density at radius 3 is 2.58 bits per heavy atom. The maximum Gasteiger partial charge on any atom is 0.303 e. The second-order valence-corrected chi connectivity index (χ2v) is 8.79. The summed E-state index contributed by atoms with van der Waals surface area (Å²) in [5, 5.41) is 0. The number of rotatable bonds is 1. The molecule has 4 aliphatic rings. The van der Waals surface area contributed by atoms with Gasteiger partial charge in [-0.2, -0.15) is 0 Å². The van der Waals surface area contributed by atoms with E-state index in [1.807, 2.05) is 0 Å². The Hall–Kier alpha value is -1.38. The molecule has 3 heteroatoms. The predicted molar refractivity (Wildman–Crippen MR) is 92.2 cm³/mol. The van der Waals surface area contributed by atoms with Gasteiger partial charge in [-0.1, -0.05) is 26.0 Å². The van der Waals surface area contributed by atoms with Crippen LogP contribution in [0, 0.1) is 28.6 Å². The lowest BCUT2D eigenvalue weighted by Gasteiger charge is -2.55. The van der Waals surface area contributed by atoms with Crippen LogP contribution in [0.3, 0.4) is 0 Å². The normalized spacial score (nSPS) is 46.6. The van der Waals surface area contributed by atoms with E-state index in [0.717, 1.165) is 38.5 Å². The lowest BCUT2D eigenvalue weighted by molar-refractivity contribution is -0.145. The fourth-order valence-corrected chi connectivity index (χ4v) is 6.21. The summed E-state index contributed by atoms with van der Waals surface area (Å²) in [6.07, 6.45) is 12.7. The number of carbonyl (C=O) groups is 2. The zero-order valence-electron chi connectivity index (χ0n) is 15.0. The number of hydrogen-bond acceptors (Lipinski definition) is 3. The van der Waals surface area contributed by atoms with Gasteiger partial charge < -0.3 is 4.74 Å². The van der Waals surface area contributed by atoms with E-state index >= 15 is 0 Å². The maximum atomic E-state index is 12.4. The lowest BCUT2D eigenvalue weighted by Crippen LogP contribution is -2.49. The van der Waals surface area contributed by atoms with Gasteiger partial charge in [0.15, 0.2) is 0 Å². The summed E-state index contributed by atoms with van der Waals surface area (Å²) in [6.45, 7) is 6.09. The van der Waals surface area contributed by atoms with Crippen LogP contribution in [0.15, 0.2) is 23.8 Å². The van der Waals surface area contributed by atoms with Gasteiger partial charge >= 0.3 is 5.97 Å². The topological polar surface area (TPSA) is 43.4 Å². The highest BCUT2D eigenvalue weighted by atomic mass is 16.5. The highest BCUT2D eigenvalue weighted by Crippen LogP contribution is 2.62. The number of fused-ring (bicyclic) bond motifs is 5. The van der Waals surface area contributed by atoms with Crippen LogP contribution in [-0.4, -0.2) is 17.9 Å². The van der Waals surface area contributed by atoms with E-state index in [4.69, 9.17) is 4.74 Å². The van der Waals surface area contributed by atoms with Gasteiger partial charge in [0.25, 0.3) is 0 Å². The van der Waals surface area contributed by atoms with E-state index < -0.39 is 0 Å². The predicted octanol–water partition coefficient (Wildman–Crippen LogP) is 4.23. The van der Waals surface area contributed by atoms with Crippen LogP contribution in [-0.2, 0) is 14.3 Å². The van der Waals surface area contributed by atoms with Crippen LogP contribution in [0.25, 0.3) is 0 Å². The molecule has 0 bridgehead atoms. The highest BCUT2D eigenvalue weighted by molar-refractivity contribution is 5.87. The Balaban J connectivity index is 1.67. The number of Topliss-reactive ketones (excluding diaryl/α,β-unsaturated/α-hetero) is 1. The first-order chi connectivity index (χ1) is 11.3. The van der Waals surface area contributed by atoms with Gasteiger partial charge in [-0.25, -0.2) is 0 Å². The van der Waals surface area contributed by atoms with Gasteiger partial charge in [0.1, 0.15) is 11.9 Å². The van der Waals surface area contributed by atoms with Crippen LogP contribution < -0.4 is 0 Å². The Bertz CT molecular complexity index is 645. The fraction of sp³-hybridized carbons (Fsp3) is 0.714. The fourth-order valence-electron chi connectivity index (χ4n) is 6.21. The third-order valence-electron chi connectivity index (χ3n) is 7.65. The number of esters is 1. The Kier molecular flexibility index (Phi) is 3.56. The molecular formula is C21H28O3. The first-order valence-electron chi connectivity index (χ1n) is 9.45. The molecule has 0 spiro atoms. The van der Waals surface area contributed by atoms with Crippen molar-refractivity contribution in [3.63, 3.8) is 0 Å². The number of ketones is 1. The van der Waals surface area contributed by atoms with Crippen molar-refractivity contribution in [2.75, 3.05) is 0 Å². The molecule has 0 aromatic heterocycles. The molecular weight excluding hydrogens is 300 g/mol. The summed E-state index contributed by atoms with van der Waals surface area (Å²) in [6, 6.07) is 0. The summed E-state index contributed by atoms with van der Waals surface area (Å²) < 4.78 is 5.43. The minimum atomic E-state index is -0.198. The smallest absolute Gasteiger partial charge is 0.303 e. The molecule has 0 N–H and O–H groups in total. The molecule has 0 saturated heterocycles. The zero-order chi connectivity index (χ0) is 17.1. The van der Waals surface area contributed by atoms with Gasteiger partial charge in [-0.15, -0.1) is 0 Å². The molecule has 24 heavy (non-hydrogen) atoms. The molecule has 3 nitrogen and oxygen atoms in total. The van der Waals surface area contributed by atoms with E-state index in [9.17, 15) is 9.59 Å². The molecule has 0 radical (unpaired) electrons. The largest absolute Gasteiger partial charge is 0.458 e. The number of allylic oxidation sites excluding steroid dienone is 3. The number of carbonyl (C=O) groups excluding carboxylic acids is 2. The molecule has 2 saturated carbocycles. The molecule has 0 heterocycles. The Morgan fingerprint density at radius 1 is 1.12 bits per heavy atom. The second kappa shape index (κ2) is 5.31. The van der Waals surface area contributed by atoms with Crippen LogP contribution in [0.2, 0.25) is 0 Å². The van der Waals surface area contributed by atoms with Crippen molar-refractivity contribution in [1.82, 2.24) is 0 Å². The van der Waals surface area contributed by atoms with Gasteiger partial charge in [0.05, 0.1) is 0 Å². The maximum absolute atomic E-state index is 12.4. The van der Waals surface area contributed by atoms with Crippen molar-refractivity contribution in [2.24, 2.45) is 28.6 Å². The molecule has 6 atom stereocenters. The Morgan fingerprint density at radius 2 is 1.83 bits per heavy atom. The highest BCUT2D eigenvalue weighted by Gasteiger charge is 2.57. The first kappa shape index (κ1) is 16.1.